The zero-order valence-electron chi connectivity index (χ0n) is 8.83. The Bertz CT molecular complexity index is 516. The van der Waals surface area contributed by atoms with Crippen molar-refractivity contribution in [1.29, 1.82) is 0 Å². The lowest BCUT2D eigenvalue weighted by Gasteiger charge is -2.17. The van der Waals surface area contributed by atoms with Crippen molar-refractivity contribution in [3.63, 3.8) is 0 Å². The van der Waals surface area contributed by atoms with Crippen LogP contribution in [0.3, 0.4) is 0 Å². The van der Waals surface area contributed by atoms with Gasteiger partial charge in [-0.15, -0.1) is 0 Å². The Morgan fingerprint density at radius 3 is 2.60 bits per heavy atom. The van der Waals surface area contributed by atoms with E-state index in [1.54, 1.807) is 6.92 Å². The van der Waals surface area contributed by atoms with Crippen LogP contribution in [0.25, 0.3) is 0 Å². The fourth-order valence-electron chi connectivity index (χ4n) is 1.78. The van der Waals surface area contributed by atoms with Crippen LogP contribution in [0.1, 0.15) is 18.9 Å². The molecule has 15 heavy (non-hydrogen) atoms. The lowest BCUT2D eigenvalue weighted by Crippen LogP contribution is -2.39. The van der Waals surface area contributed by atoms with Crippen molar-refractivity contribution in [2.75, 3.05) is 5.32 Å². The molecule has 1 aromatic carbocycles. The highest BCUT2D eigenvalue weighted by molar-refractivity contribution is 5.57. The highest BCUT2D eigenvalue weighted by Crippen LogP contribution is 2.17. The molecule has 78 valence electrons. The predicted molar refractivity (Wildman–Crippen MR) is 61.0 cm³/mol. The van der Waals surface area contributed by atoms with E-state index in [1.807, 2.05) is 13.0 Å². The lowest BCUT2D eigenvalue weighted by atomic mass is 10.1. The summed E-state index contributed by atoms with van der Waals surface area (Å²) >= 11 is 0. The van der Waals surface area contributed by atoms with Crippen LogP contribution in [0.5, 0.6) is 0 Å². The van der Waals surface area contributed by atoms with Gasteiger partial charge in [0.15, 0.2) is 0 Å². The molecule has 0 aliphatic heterocycles. The molecule has 0 aromatic heterocycles. The number of anilines is 1. The van der Waals surface area contributed by atoms with Gasteiger partial charge in [-0.25, -0.2) is 0 Å². The summed E-state index contributed by atoms with van der Waals surface area (Å²) in [5.41, 5.74) is 1.45. The van der Waals surface area contributed by atoms with Crippen LogP contribution in [0, 0.1) is 6.92 Å². The molecule has 0 fully saturated rings. The van der Waals surface area contributed by atoms with Crippen LogP contribution in [-0.2, 0) is 0 Å². The molecule has 2 rings (SSSR count). The van der Waals surface area contributed by atoms with Crippen LogP contribution in [0.2, 0.25) is 0 Å². The summed E-state index contributed by atoms with van der Waals surface area (Å²) in [6, 6.07) is 0.0887. The van der Waals surface area contributed by atoms with Gasteiger partial charge in [0, 0.05) is 11.6 Å². The van der Waals surface area contributed by atoms with E-state index in [9.17, 15) is 9.59 Å². The Morgan fingerprint density at radius 2 is 2.07 bits per heavy atom. The number of allylic oxidation sites excluding steroid dienone is 2. The summed E-state index contributed by atoms with van der Waals surface area (Å²) in [4.78, 5) is 22.2. The van der Waals surface area contributed by atoms with Gasteiger partial charge < -0.3 is 5.32 Å². The highest BCUT2D eigenvalue weighted by Gasteiger charge is 2.19. The Balaban J connectivity index is 2.14. The molecular weight excluding hydrogens is 190 g/mol. The topological polar surface area (TPSA) is 46.2 Å². The number of rotatable bonds is 3. The van der Waals surface area contributed by atoms with E-state index < -0.39 is 0 Å². The van der Waals surface area contributed by atoms with Gasteiger partial charge in [-0.2, -0.15) is 0 Å². The molecule has 1 unspecified atom stereocenters. The standard InChI is InChI=1S/C12H13NO2/c1-7-10(12(15)11(7)14)13-8(2)9-5-3-4-6-9/h3,5-6,8,13H,4H2,1-2H3. The predicted octanol–water partition coefficient (Wildman–Crippen LogP) is 1.28. The van der Waals surface area contributed by atoms with Gasteiger partial charge in [-0.05, 0) is 25.8 Å². The van der Waals surface area contributed by atoms with Crippen molar-refractivity contribution >= 4 is 5.69 Å². The Kier molecular flexibility index (Phi) is 2.31. The van der Waals surface area contributed by atoms with Gasteiger partial charge in [0.1, 0.15) is 0 Å². The van der Waals surface area contributed by atoms with Crippen LogP contribution in [0.15, 0.2) is 33.4 Å². The Labute approximate surface area is 87.8 Å². The second kappa shape index (κ2) is 3.50. The van der Waals surface area contributed by atoms with Crippen molar-refractivity contribution < 1.29 is 0 Å². The molecule has 0 amide bonds. The fourth-order valence-corrected chi connectivity index (χ4v) is 1.78. The number of nitrogens with one attached hydrogen (secondary N) is 1. The van der Waals surface area contributed by atoms with E-state index in [2.05, 4.69) is 17.5 Å². The van der Waals surface area contributed by atoms with Crippen LogP contribution < -0.4 is 16.2 Å². The zero-order valence-corrected chi connectivity index (χ0v) is 8.83. The first-order valence-electron chi connectivity index (χ1n) is 5.04. The van der Waals surface area contributed by atoms with Crippen LogP contribution >= 0.6 is 0 Å². The summed E-state index contributed by atoms with van der Waals surface area (Å²) in [5.74, 6) is 0. The normalized spacial score (nSPS) is 16.8. The second-order valence-corrected chi connectivity index (χ2v) is 3.87. The molecule has 1 aliphatic rings. The fraction of sp³-hybridized carbons (Fsp3) is 0.333. The first-order valence-corrected chi connectivity index (χ1v) is 5.04. The van der Waals surface area contributed by atoms with Crippen molar-refractivity contribution in [3.05, 3.63) is 49.8 Å². The van der Waals surface area contributed by atoms with Gasteiger partial charge in [0.05, 0.1) is 5.69 Å². The molecule has 1 aromatic rings. The largest absolute Gasteiger partial charge is 0.375 e. The maximum Gasteiger partial charge on any atom is 0.249 e. The zero-order chi connectivity index (χ0) is 11.0. The Hall–Kier alpha value is -1.64. The lowest BCUT2D eigenvalue weighted by molar-refractivity contribution is 0.940. The first-order chi connectivity index (χ1) is 7.11. The molecule has 0 bridgehead atoms. The average Bonchev–Trinajstić information content (AvgIpc) is 2.77. The quantitative estimate of drug-likeness (QED) is 0.753. The summed E-state index contributed by atoms with van der Waals surface area (Å²) in [6.07, 6.45) is 7.17. The van der Waals surface area contributed by atoms with E-state index in [-0.39, 0.29) is 16.9 Å². The number of hydrogen-bond acceptors (Lipinski definition) is 3. The SMILES string of the molecule is Cc1c(NC(C)C2=CCC=C2)c(=O)c1=O. The van der Waals surface area contributed by atoms with E-state index in [1.165, 1.54) is 5.57 Å². The van der Waals surface area contributed by atoms with E-state index in [4.69, 9.17) is 0 Å². The van der Waals surface area contributed by atoms with Gasteiger partial charge in [0.2, 0.25) is 10.9 Å². The molecule has 0 radical (unpaired) electrons. The summed E-state index contributed by atoms with van der Waals surface area (Å²) in [7, 11) is 0. The minimum Gasteiger partial charge on any atom is -0.375 e. The summed E-state index contributed by atoms with van der Waals surface area (Å²) < 4.78 is 0. The minimum atomic E-state index is -0.387. The van der Waals surface area contributed by atoms with Crippen molar-refractivity contribution in [3.8, 4) is 0 Å². The van der Waals surface area contributed by atoms with E-state index in [0.717, 1.165) is 6.42 Å². The molecule has 0 spiro atoms. The van der Waals surface area contributed by atoms with E-state index >= 15 is 0 Å². The third-order valence-corrected chi connectivity index (χ3v) is 2.81. The molecule has 1 atom stereocenters. The van der Waals surface area contributed by atoms with Gasteiger partial charge in [0.25, 0.3) is 0 Å². The Morgan fingerprint density at radius 1 is 1.33 bits per heavy atom. The van der Waals surface area contributed by atoms with E-state index in [0.29, 0.717) is 11.3 Å². The van der Waals surface area contributed by atoms with Gasteiger partial charge in [-0.1, -0.05) is 18.2 Å². The third kappa shape index (κ3) is 1.54. The van der Waals surface area contributed by atoms with Crippen molar-refractivity contribution in [2.45, 2.75) is 26.3 Å². The minimum absolute atomic E-state index is 0.0887. The maximum absolute atomic E-state index is 11.2. The molecule has 0 heterocycles. The third-order valence-electron chi connectivity index (χ3n) is 2.81. The molecule has 1 aliphatic carbocycles. The second-order valence-electron chi connectivity index (χ2n) is 3.87. The summed E-state index contributed by atoms with van der Waals surface area (Å²) in [6.45, 7) is 3.66. The smallest absolute Gasteiger partial charge is 0.249 e. The molecule has 0 saturated heterocycles. The molecule has 3 nitrogen and oxygen atoms in total. The monoisotopic (exact) mass is 203 g/mol. The molecule has 3 heteroatoms. The van der Waals surface area contributed by atoms with Crippen LogP contribution in [-0.4, -0.2) is 6.04 Å². The molecular formula is C12H13NO2. The summed E-state index contributed by atoms with van der Waals surface area (Å²) in [5, 5.41) is 3.08. The van der Waals surface area contributed by atoms with Crippen molar-refractivity contribution in [2.24, 2.45) is 0 Å². The average molecular weight is 203 g/mol. The van der Waals surface area contributed by atoms with Gasteiger partial charge >= 0.3 is 0 Å². The first kappa shape index (κ1) is 9.90. The maximum atomic E-state index is 11.2. The molecule has 0 saturated carbocycles. The van der Waals surface area contributed by atoms with Gasteiger partial charge in [-0.3, -0.25) is 9.59 Å². The highest BCUT2D eigenvalue weighted by atomic mass is 16.2. The number of hydrogen-bond donors (Lipinski definition) is 1. The molecule has 1 N–H and O–H groups in total. The van der Waals surface area contributed by atoms with Crippen LogP contribution in [0.4, 0.5) is 5.69 Å². The van der Waals surface area contributed by atoms with Crippen molar-refractivity contribution in [1.82, 2.24) is 0 Å².